The van der Waals surface area contributed by atoms with Gasteiger partial charge in [-0.3, -0.25) is 4.79 Å². The van der Waals surface area contributed by atoms with Gasteiger partial charge in [-0.2, -0.15) is 0 Å². The largest absolute Gasteiger partial charge is 0.483 e. The Bertz CT molecular complexity index is 1500. The fourth-order valence-corrected chi connectivity index (χ4v) is 4.12. The smallest absolute Gasteiger partial charge is 0.291 e. The molecule has 0 unspecified atom stereocenters. The third-order valence-electron chi connectivity index (χ3n) is 4.78. The summed E-state index contributed by atoms with van der Waals surface area (Å²) in [4.78, 5) is 20.6. The summed E-state index contributed by atoms with van der Waals surface area (Å²) in [5.41, 5.74) is 1.56. The van der Waals surface area contributed by atoms with Crippen molar-refractivity contribution >= 4 is 27.6 Å². The summed E-state index contributed by atoms with van der Waals surface area (Å²) >= 11 is 0. The van der Waals surface area contributed by atoms with Crippen LogP contribution in [0.4, 0.5) is 20.4 Å². The zero-order chi connectivity index (χ0) is 25.9. The van der Waals surface area contributed by atoms with Crippen molar-refractivity contribution in [2.45, 2.75) is 25.3 Å². The van der Waals surface area contributed by atoms with Crippen molar-refractivity contribution in [3.8, 4) is 5.75 Å². The molecule has 9 nitrogen and oxygen atoms in total. The number of benzene rings is 2. The second kappa shape index (κ2) is 10.1. The molecule has 4 aromatic rings. The van der Waals surface area contributed by atoms with Gasteiger partial charge in [-0.1, -0.05) is 0 Å². The quantitative estimate of drug-likeness (QED) is 0.352. The van der Waals surface area contributed by atoms with Gasteiger partial charge in [0.1, 0.15) is 18.2 Å². The molecular weight excluding hydrogens is 494 g/mol. The van der Waals surface area contributed by atoms with Gasteiger partial charge in [-0.25, -0.2) is 31.9 Å². The van der Waals surface area contributed by atoms with Crippen molar-refractivity contribution in [1.29, 1.82) is 0 Å². The molecule has 2 N–H and O–H groups in total. The van der Waals surface area contributed by atoms with Crippen LogP contribution in [0.15, 0.2) is 70.0 Å². The number of anilines is 2. The highest BCUT2D eigenvalue weighted by molar-refractivity contribution is 7.92. The predicted molar refractivity (Wildman–Crippen MR) is 126 cm³/mol. The van der Waals surface area contributed by atoms with E-state index >= 15 is 0 Å². The number of ether oxygens (including phenoxy) is 1. The number of furan rings is 1. The number of aryl methyl sites for hydroxylation is 2. The number of sulfonamides is 1. The highest BCUT2D eigenvalue weighted by Gasteiger charge is 2.17. The molecule has 0 aliphatic rings. The molecule has 12 heteroatoms. The van der Waals surface area contributed by atoms with Crippen molar-refractivity contribution in [3.05, 3.63) is 95.2 Å². The first kappa shape index (κ1) is 24.8. The Kier molecular flexibility index (Phi) is 6.97. The summed E-state index contributed by atoms with van der Waals surface area (Å²) in [5.74, 6) is -2.18. The average Bonchev–Trinajstić information content (AvgIpc) is 3.27. The molecule has 0 bridgehead atoms. The van der Waals surface area contributed by atoms with E-state index in [1.807, 2.05) is 0 Å². The molecule has 36 heavy (non-hydrogen) atoms. The standard InChI is InChI=1S/C24H20F2N4O5S/c1-14-11-15(2)28-24(27-14)30-36(32,33)19-7-4-17(5-8-19)29-23(31)22-10-6-18(35-22)13-34-21-9-3-16(25)12-20(21)26/h3-12H,13H2,1-2H3,(H,29,31)(H,27,28,30). The Labute approximate surface area is 205 Å². The maximum absolute atomic E-state index is 13.7. The van der Waals surface area contributed by atoms with Gasteiger partial charge in [0.05, 0.1) is 4.90 Å². The number of hydrogen-bond donors (Lipinski definition) is 2. The topological polar surface area (TPSA) is 123 Å². The van der Waals surface area contributed by atoms with Gasteiger partial charge in [0, 0.05) is 23.1 Å². The second-order valence-corrected chi connectivity index (χ2v) is 9.37. The lowest BCUT2D eigenvalue weighted by Crippen LogP contribution is -2.16. The van der Waals surface area contributed by atoms with Gasteiger partial charge in [0.2, 0.25) is 5.95 Å². The number of carbonyl (C=O) groups is 1. The van der Waals surface area contributed by atoms with E-state index in [-0.39, 0.29) is 34.7 Å². The van der Waals surface area contributed by atoms with E-state index in [1.54, 1.807) is 19.9 Å². The van der Waals surface area contributed by atoms with Crippen LogP contribution in [0.3, 0.4) is 0 Å². The van der Waals surface area contributed by atoms with E-state index in [0.717, 1.165) is 12.1 Å². The van der Waals surface area contributed by atoms with Gasteiger partial charge >= 0.3 is 0 Å². The minimum absolute atomic E-state index is 0.0374. The van der Waals surface area contributed by atoms with Gasteiger partial charge in [-0.15, -0.1) is 0 Å². The molecular formula is C24H20F2N4O5S. The second-order valence-electron chi connectivity index (χ2n) is 7.69. The summed E-state index contributed by atoms with van der Waals surface area (Å²) in [6, 6.07) is 13.0. The Morgan fingerprint density at radius 3 is 2.33 bits per heavy atom. The van der Waals surface area contributed by atoms with Crippen LogP contribution in [-0.2, 0) is 16.6 Å². The van der Waals surface area contributed by atoms with Crippen molar-refractivity contribution in [2.75, 3.05) is 10.0 Å². The van der Waals surface area contributed by atoms with Gasteiger partial charge < -0.3 is 14.5 Å². The van der Waals surface area contributed by atoms with Crippen LogP contribution in [0.1, 0.15) is 27.7 Å². The Balaban J connectivity index is 1.37. The van der Waals surface area contributed by atoms with Crippen LogP contribution in [-0.4, -0.2) is 24.3 Å². The third kappa shape index (κ3) is 6.02. The first-order valence-electron chi connectivity index (χ1n) is 10.5. The Morgan fingerprint density at radius 1 is 0.972 bits per heavy atom. The molecule has 0 atom stereocenters. The van der Waals surface area contributed by atoms with Crippen LogP contribution in [0.5, 0.6) is 5.75 Å². The van der Waals surface area contributed by atoms with Crippen molar-refractivity contribution in [1.82, 2.24) is 9.97 Å². The van der Waals surface area contributed by atoms with Gasteiger partial charge in [0.15, 0.2) is 17.3 Å². The highest BCUT2D eigenvalue weighted by atomic mass is 32.2. The molecule has 0 spiro atoms. The lowest BCUT2D eigenvalue weighted by Gasteiger charge is -2.09. The number of nitrogens with zero attached hydrogens (tertiary/aromatic N) is 2. The van der Waals surface area contributed by atoms with E-state index in [2.05, 4.69) is 20.0 Å². The number of halogens is 2. The van der Waals surface area contributed by atoms with Crippen molar-refractivity contribution < 1.29 is 31.1 Å². The van der Waals surface area contributed by atoms with Crippen molar-refractivity contribution in [3.63, 3.8) is 0 Å². The zero-order valence-electron chi connectivity index (χ0n) is 19.1. The molecule has 0 saturated heterocycles. The Morgan fingerprint density at radius 2 is 1.67 bits per heavy atom. The molecule has 1 amide bonds. The Hall–Kier alpha value is -4.32. The number of amides is 1. The molecule has 4 rings (SSSR count). The number of hydrogen-bond acceptors (Lipinski definition) is 7. The monoisotopic (exact) mass is 514 g/mol. The number of carbonyl (C=O) groups excluding carboxylic acids is 1. The fraction of sp³-hybridized carbons (Fsp3) is 0.125. The van der Waals surface area contributed by atoms with Crippen LogP contribution < -0.4 is 14.8 Å². The van der Waals surface area contributed by atoms with E-state index in [9.17, 15) is 22.0 Å². The SMILES string of the molecule is Cc1cc(C)nc(NS(=O)(=O)c2ccc(NC(=O)c3ccc(COc4ccc(F)cc4F)o3)cc2)n1. The average molecular weight is 515 g/mol. The van der Waals surface area contributed by atoms with E-state index in [1.165, 1.54) is 36.4 Å². The third-order valence-corrected chi connectivity index (χ3v) is 6.12. The predicted octanol–water partition coefficient (Wildman–Crippen LogP) is 4.60. The summed E-state index contributed by atoms with van der Waals surface area (Å²) in [6.45, 7) is 3.27. The summed E-state index contributed by atoms with van der Waals surface area (Å²) in [6.07, 6.45) is 0. The van der Waals surface area contributed by atoms with E-state index in [4.69, 9.17) is 9.15 Å². The van der Waals surface area contributed by atoms with Crippen LogP contribution in [0, 0.1) is 25.5 Å². The highest BCUT2D eigenvalue weighted by Crippen LogP contribution is 2.21. The minimum atomic E-state index is -3.94. The molecule has 2 heterocycles. The van der Waals surface area contributed by atoms with Gasteiger partial charge in [-0.05, 0) is 68.4 Å². The van der Waals surface area contributed by atoms with Crippen LogP contribution >= 0.6 is 0 Å². The number of aromatic nitrogens is 2. The molecule has 186 valence electrons. The van der Waals surface area contributed by atoms with Gasteiger partial charge in [0.25, 0.3) is 15.9 Å². The molecule has 0 fully saturated rings. The lowest BCUT2D eigenvalue weighted by molar-refractivity contribution is 0.0992. The van der Waals surface area contributed by atoms with E-state index in [0.29, 0.717) is 23.1 Å². The molecule has 0 aliphatic carbocycles. The fourth-order valence-electron chi connectivity index (χ4n) is 3.18. The first-order valence-corrected chi connectivity index (χ1v) is 12.0. The summed E-state index contributed by atoms with van der Waals surface area (Å²) in [7, 11) is -3.94. The van der Waals surface area contributed by atoms with Crippen molar-refractivity contribution in [2.24, 2.45) is 0 Å². The lowest BCUT2D eigenvalue weighted by atomic mass is 10.3. The maximum Gasteiger partial charge on any atom is 0.291 e. The molecule has 0 saturated carbocycles. The van der Waals surface area contributed by atoms with Crippen LogP contribution in [0.25, 0.3) is 0 Å². The number of nitrogens with one attached hydrogen (secondary N) is 2. The molecule has 0 aliphatic heterocycles. The summed E-state index contributed by atoms with van der Waals surface area (Å²) < 4.78 is 64.9. The first-order chi connectivity index (χ1) is 17.1. The molecule has 2 aromatic carbocycles. The van der Waals surface area contributed by atoms with E-state index < -0.39 is 27.6 Å². The maximum atomic E-state index is 13.7. The summed E-state index contributed by atoms with van der Waals surface area (Å²) in [5, 5.41) is 2.59. The number of rotatable bonds is 8. The molecule has 0 radical (unpaired) electrons. The molecule has 2 aromatic heterocycles. The minimum Gasteiger partial charge on any atom is -0.483 e. The normalized spacial score (nSPS) is 11.2. The van der Waals surface area contributed by atoms with Crippen LogP contribution in [0.2, 0.25) is 0 Å². The zero-order valence-corrected chi connectivity index (χ0v) is 19.9.